The quantitative estimate of drug-likeness (QED) is 0.849. The molecule has 2 aromatic rings. The van der Waals surface area contributed by atoms with Crippen LogP contribution in [0, 0.1) is 0 Å². The Balaban J connectivity index is 2.10. The van der Waals surface area contributed by atoms with E-state index in [2.05, 4.69) is 15.6 Å². The summed E-state index contributed by atoms with van der Waals surface area (Å²) in [6.45, 7) is 2.04. The molecule has 0 unspecified atom stereocenters. The molecule has 0 bridgehead atoms. The number of carbonyl (C=O) groups excluding carboxylic acids is 1. The Morgan fingerprint density at radius 2 is 2.00 bits per heavy atom. The van der Waals surface area contributed by atoms with Gasteiger partial charge in [-0.2, -0.15) is 0 Å². The highest BCUT2D eigenvalue weighted by Crippen LogP contribution is 2.31. The van der Waals surface area contributed by atoms with E-state index < -0.39 is 6.09 Å². The fraction of sp³-hybridized carbons (Fsp3) is 0.250. The number of anilines is 3. The number of amides is 1. The third-order valence-electron chi connectivity index (χ3n) is 2.95. The maximum atomic E-state index is 11.3. The highest BCUT2D eigenvalue weighted by atomic mass is 16.5. The number of carbonyl (C=O) groups is 1. The van der Waals surface area contributed by atoms with E-state index in [9.17, 15) is 4.79 Å². The van der Waals surface area contributed by atoms with E-state index in [0.717, 1.165) is 11.4 Å². The molecule has 1 heterocycles. The highest BCUT2D eigenvalue weighted by molar-refractivity contribution is 5.83. The standard InChI is InChI=1S/C16H19N3O4/c1-4-23-16(20)19-15-8-5-11(10-17-15)18-13-9-12(21-2)6-7-14(13)22-3/h5-10,18H,4H2,1-3H3,(H,17,19,20). The van der Waals surface area contributed by atoms with Crippen LogP contribution in [-0.4, -0.2) is 31.9 Å². The smallest absolute Gasteiger partial charge is 0.412 e. The second-order valence-corrected chi connectivity index (χ2v) is 4.47. The predicted molar refractivity (Wildman–Crippen MR) is 87.7 cm³/mol. The van der Waals surface area contributed by atoms with Crippen molar-refractivity contribution in [2.75, 3.05) is 31.5 Å². The predicted octanol–water partition coefficient (Wildman–Crippen LogP) is 3.41. The first-order valence-corrected chi connectivity index (χ1v) is 7.05. The van der Waals surface area contributed by atoms with Gasteiger partial charge in [-0.25, -0.2) is 9.78 Å². The van der Waals surface area contributed by atoms with Gasteiger partial charge in [0.05, 0.1) is 38.4 Å². The van der Waals surface area contributed by atoms with E-state index in [1.165, 1.54) is 0 Å². The lowest BCUT2D eigenvalue weighted by molar-refractivity contribution is 0.168. The maximum Gasteiger partial charge on any atom is 0.412 e. The van der Waals surface area contributed by atoms with E-state index in [4.69, 9.17) is 14.2 Å². The summed E-state index contributed by atoms with van der Waals surface area (Å²) < 4.78 is 15.3. The van der Waals surface area contributed by atoms with Crippen molar-refractivity contribution in [2.45, 2.75) is 6.92 Å². The van der Waals surface area contributed by atoms with Gasteiger partial charge < -0.3 is 19.5 Å². The highest BCUT2D eigenvalue weighted by Gasteiger charge is 2.07. The van der Waals surface area contributed by atoms with Crippen molar-refractivity contribution in [3.63, 3.8) is 0 Å². The summed E-state index contributed by atoms with van der Waals surface area (Å²) >= 11 is 0. The Morgan fingerprint density at radius 1 is 1.17 bits per heavy atom. The molecule has 0 radical (unpaired) electrons. The minimum atomic E-state index is -0.532. The largest absolute Gasteiger partial charge is 0.497 e. The van der Waals surface area contributed by atoms with Crippen LogP contribution in [0.15, 0.2) is 36.5 Å². The van der Waals surface area contributed by atoms with Gasteiger partial charge in [-0.3, -0.25) is 5.32 Å². The Hall–Kier alpha value is -2.96. The third-order valence-corrected chi connectivity index (χ3v) is 2.95. The topological polar surface area (TPSA) is 81.7 Å². The normalized spacial score (nSPS) is 9.87. The van der Waals surface area contributed by atoms with Gasteiger partial charge in [0.25, 0.3) is 0 Å². The van der Waals surface area contributed by atoms with Crippen LogP contribution >= 0.6 is 0 Å². The number of methoxy groups -OCH3 is 2. The molecule has 2 rings (SSSR count). The van der Waals surface area contributed by atoms with E-state index in [1.807, 2.05) is 18.2 Å². The van der Waals surface area contributed by atoms with Gasteiger partial charge in [0.1, 0.15) is 17.3 Å². The van der Waals surface area contributed by atoms with Crippen LogP contribution in [0.1, 0.15) is 6.92 Å². The van der Waals surface area contributed by atoms with Crippen molar-refractivity contribution in [3.05, 3.63) is 36.5 Å². The second-order valence-electron chi connectivity index (χ2n) is 4.47. The molecular formula is C16H19N3O4. The van der Waals surface area contributed by atoms with E-state index >= 15 is 0 Å². The SMILES string of the molecule is CCOC(=O)Nc1ccc(Nc2cc(OC)ccc2OC)cn1. The fourth-order valence-corrected chi connectivity index (χ4v) is 1.88. The number of ether oxygens (including phenoxy) is 3. The van der Waals surface area contributed by atoms with Gasteiger partial charge in [0.2, 0.25) is 0 Å². The van der Waals surface area contributed by atoms with Crippen molar-refractivity contribution >= 4 is 23.3 Å². The Morgan fingerprint density at radius 3 is 2.61 bits per heavy atom. The summed E-state index contributed by atoms with van der Waals surface area (Å²) in [6.07, 6.45) is 1.07. The summed E-state index contributed by atoms with van der Waals surface area (Å²) in [6, 6.07) is 8.91. The first-order valence-electron chi connectivity index (χ1n) is 7.05. The number of hydrogen-bond donors (Lipinski definition) is 2. The van der Waals surface area contributed by atoms with E-state index in [0.29, 0.717) is 23.9 Å². The van der Waals surface area contributed by atoms with Crippen LogP contribution in [0.3, 0.4) is 0 Å². The van der Waals surface area contributed by atoms with Crippen molar-refractivity contribution < 1.29 is 19.0 Å². The molecule has 2 N–H and O–H groups in total. The van der Waals surface area contributed by atoms with Crippen molar-refractivity contribution in [1.82, 2.24) is 4.98 Å². The molecule has 7 heteroatoms. The molecule has 1 aromatic heterocycles. The van der Waals surface area contributed by atoms with Crippen LogP contribution in [0.4, 0.5) is 22.0 Å². The van der Waals surface area contributed by atoms with Gasteiger partial charge in [-0.15, -0.1) is 0 Å². The van der Waals surface area contributed by atoms with Crippen LogP contribution in [-0.2, 0) is 4.74 Å². The maximum absolute atomic E-state index is 11.3. The van der Waals surface area contributed by atoms with Crippen LogP contribution < -0.4 is 20.1 Å². The Kier molecular flexibility index (Phi) is 5.62. The van der Waals surface area contributed by atoms with Crippen molar-refractivity contribution in [1.29, 1.82) is 0 Å². The van der Waals surface area contributed by atoms with Crippen LogP contribution in [0.2, 0.25) is 0 Å². The molecule has 0 aliphatic rings. The lowest BCUT2D eigenvalue weighted by Gasteiger charge is -2.13. The number of nitrogens with zero attached hydrogens (tertiary/aromatic N) is 1. The van der Waals surface area contributed by atoms with Gasteiger partial charge in [-0.1, -0.05) is 0 Å². The summed E-state index contributed by atoms with van der Waals surface area (Å²) in [5.41, 5.74) is 1.49. The molecule has 0 fully saturated rings. The molecule has 0 aliphatic heterocycles. The first-order chi connectivity index (χ1) is 11.2. The third kappa shape index (κ3) is 4.50. The minimum Gasteiger partial charge on any atom is -0.497 e. The molecule has 0 atom stereocenters. The molecule has 0 spiro atoms. The van der Waals surface area contributed by atoms with Crippen molar-refractivity contribution in [2.24, 2.45) is 0 Å². The minimum absolute atomic E-state index is 0.307. The molecule has 1 amide bonds. The molecule has 0 saturated heterocycles. The number of rotatable bonds is 6. The number of nitrogens with one attached hydrogen (secondary N) is 2. The number of benzene rings is 1. The summed E-state index contributed by atoms with van der Waals surface area (Å²) in [5, 5.41) is 5.72. The second kappa shape index (κ2) is 7.88. The van der Waals surface area contributed by atoms with Gasteiger partial charge in [0.15, 0.2) is 0 Å². The summed E-state index contributed by atoms with van der Waals surface area (Å²) in [4.78, 5) is 15.5. The molecular weight excluding hydrogens is 298 g/mol. The monoisotopic (exact) mass is 317 g/mol. The Bertz CT molecular complexity index is 659. The average Bonchev–Trinajstić information content (AvgIpc) is 2.56. The molecule has 7 nitrogen and oxygen atoms in total. The molecule has 122 valence electrons. The van der Waals surface area contributed by atoms with Gasteiger partial charge in [-0.05, 0) is 31.2 Å². The lowest BCUT2D eigenvalue weighted by Crippen LogP contribution is -2.14. The van der Waals surface area contributed by atoms with Gasteiger partial charge in [0, 0.05) is 6.07 Å². The Labute approximate surface area is 134 Å². The summed E-state index contributed by atoms with van der Waals surface area (Å²) in [7, 11) is 3.20. The molecule has 23 heavy (non-hydrogen) atoms. The molecule has 1 aromatic carbocycles. The number of aromatic nitrogens is 1. The van der Waals surface area contributed by atoms with Crippen LogP contribution in [0.5, 0.6) is 11.5 Å². The van der Waals surface area contributed by atoms with Gasteiger partial charge >= 0.3 is 6.09 Å². The number of hydrogen-bond acceptors (Lipinski definition) is 6. The van der Waals surface area contributed by atoms with E-state index in [-0.39, 0.29) is 0 Å². The van der Waals surface area contributed by atoms with Crippen LogP contribution in [0.25, 0.3) is 0 Å². The zero-order valence-electron chi connectivity index (χ0n) is 13.3. The number of pyridine rings is 1. The van der Waals surface area contributed by atoms with E-state index in [1.54, 1.807) is 39.5 Å². The average molecular weight is 317 g/mol. The van der Waals surface area contributed by atoms with Crippen molar-refractivity contribution in [3.8, 4) is 11.5 Å². The molecule has 0 saturated carbocycles. The summed E-state index contributed by atoms with van der Waals surface area (Å²) in [5.74, 6) is 1.80. The fourth-order valence-electron chi connectivity index (χ4n) is 1.88. The zero-order valence-corrected chi connectivity index (χ0v) is 13.3. The molecule has 0 aliphatic carbocycles. The zero-order chi connectivity index (χ0) is 16.7. The first kappa shape index (κ1) is 16.4. The lowest BCUT2D eigenvalue weighted by atomic mass is 10.2.